The molecule has 0 aromatic heterocycles. The number of nitrogens with one attached hydrogen (secondary N) is 2. The predicted octanol–water partition coefficient (Wildman–Crippen LogP) is 4.44. The average Bonchev–Trinajstić information content (AvgIpc) is 2.99. The molecule has 0 radical (unpaired) electrons. The number of amides is 2. The third-order valence-corrected chi connectivity index (χ3v) is 5.68. The smallest absolute Gasteiger partial charge is 0.271 e. The second kappa shape index (κ2) is 13.3. The van der Waals surface area contributed by atoms with Crippen LogP contribution in [-0.4, -0.2) is 48.7 Å². The Morgan fingerprint density at radius 3 is 1.34 bits per heavy atom. The van der Waals surface area contributed by atoms with Crippen molar-refractivity contribution in [1.82, 2.24) is 10.9 Å². The number of rotatable bonds is 10. The number of aromatic hydroxyl groups is 2. The van der Waals surface area contributed by atoms with Gasteiger partial charge in [-0.2, -0.15) is 10.2 Å². The summed E-state index contributed by atoms with van der Waals surface area (Å²) in [6, 6.07) is 22.1. The largest absolute Gasteiger partial charge is 0.507 e. The molecule has 0 unspecified atom stereocenters. The summed E-state index contributed by atoms with van der Waals surface area (Å²) >= 11 is 0. The number of hydrazone groups is 2. The summed E-state index contributed by atoms with van der Waals surface area (Å²) in [6.45, 7) is 0. The van der Waals surface area contributed by atoms with Gasteiger partial charge < -0.3 is 24.4 Å². The van der Waals surface area contributed by atoms with Crippen LogP contribution < -0.4 is 25.1 Å². The van der Waals surface area contributed by atoms with Gasteiger partial charge in [0.15, 0.2) is 0 Å². The van der Waals surface area contributed by atoms with Crippen molar-refractivity contribution in [2.75, 3.05) is 14.2 Å². The van der Waals surface area contributed by atoms with Crippen molar-refractivity contribution in [2.24, 2.45) is 10.2 Å². The zero-order valence-electron chi connectivity index (χ0n) is 22.1. The highest BCUT2D eigenvalue weighted by Crippen LogP contribution is 2.24. The van der Waals surface area contributed by atoms with Crippen LogP contribution in [0.1, 0.15) is 31.8 Å². The quantitative estimate of drug-likeness (QED) is 0.167. The Morgan fingerprint density at radius 2 is 0.976 bits per heavy atom. The van der Waals surface area contributed by atoms with Gasteiger partial charge in [0.2, 0.25) is 0 Å². The molecular formula is C30H26N4O7. The van der Waals surface area contributed by atoms with Crippen LogP contribution in [0.4, 0.5) is 0 Å². The van der Waals surface area contributed by atoms with E-state index < -0.39 is 11.8 Å². The van der Waals surface area contributed by atoms with E-state index in [9.17, 15) is 19.8 Å². The SMILES string of the molecule is COc1ccc(O)c(/C=N/NC(=O)c2ccc(Oc3ccc(C(=O)N/N=C/c4cc(OC)ccc4O)cc3)cc2)c1. The number of hydrogen-bond donors (Lipinski definition) is 4. The number of carbonyl (C=O) groups is 2. The highest BCUT2D eigenvalue weighted by Gasteiger charge is 2.08. The third kappa shape index (κ3) is 7.60. The standard InChI is InChI=1S/C30H26N4O7/c1-39-25-11-13-27(35)21(15-25)17-31-33-29(37)19-3-7-23(8-4-19)41-24-9-5-20(6-10-24)30(38)34-32-18-22-16-26(40-2)12-14-28(22)36/h3-18,35-36H,1-2H3,(H,33,37)(H,34,38)/b31-17+,32-18+. The zero-order valence-corrected chi connectivity index (χ0v) is 22.1. The highest BCUT2D eigenvalue weighted by atomic mass is 16.5. The van der Waals surface area contributed by atoms with Crippen molar-refractivity contribution in [3.63, 3.8) is 0 Å². The summed E-state index contributed by atoms with van der Waals surface area (Å²) in [7, 11) is 3.01. The van der Waals surface area contributed by atoms with Crippen LogP contribution in [0.2, 0.25) is 0 Å². The molecular weight excluding hydrogens is 528 g/mol. The summed E-state index contributed by atoms with van der Waals surface area (Å²) in [4.78, 5) is 24.8. The molecule has 0 fully saturated rings. The lowest BCUT2D eigenvalue weighted by Crippen LogP contribution is -2.17. The average molecular weight is 555 g/mol. The molecule has 4 N–H and O–H groups in total. The van der Waals surface area contributed by atoms with Gasteiger partial charge in [-0.05, 0) is 84.9 Å². The van der Waals surface area contributed by atoms with Gasteiger partial charge >= 0.3 is 0 Å². The van der Waals surface area contributed by atoms with Crippen LogP contribution in [0.5, 0.6) is 34.5 Å². The fourth-order valence-electron chi connectivity index (χ4n) is 3.46. The lowest BCUT2D eigenvalue weighted by Gasteiger charge is -2.07. The Morgan fingerprint density at radius 1 is 0.610 bits per heavy atom. The van der Waals surface area contributed by atoms with E-state index in [4.69, 9.17) is 14.2 Å². The van der Waals surface area contributed by atoms with Crippen molar-refractivity contribution < 1.29 is 34.0 Å². The molecule has 41 heavy (non-hydrogen) atoms. The Labute approximate surface area is 235 Å². The molecule has 0 saturated heterocycles. The summed E-state index contributed by atoms with van der Waals surface area (Å²) in [6.07, 6.45) is 2.63. The molecule has 11 nitrogen and oxygen atoms in total. The van der Waals surface area contributed by atoms with Crippen LogP contribution in [-0.2, 0) is 0 Å². The number of phenols is 2. The second-order valence-electron chi connectivity index (χ2n) is 8.40. The maximum Gasteiger partial charge on any atom is 0.271 e. The molecule has 0 aliphatic heterocycles. The maximum absolute atomic E-state index is 12.4. The third-order valence-electron chi connectivity index (χ3n) is 5.68. The van der Waals surface area contributed by atoms with Crippen LogP contribution in [0.15, 0.2) is 95.1 Å². The number of carbonyl (C=O) groups excluding carboxylic acids is 2. The first-order valence-corrected chi connectivity index (χ1v) is 12.1. The summed E-state index contributed by atoms with van der Waals surface area (Å²) in [5.74, 6) is 1.14. The molecule has 0 spiro atoms. The van der Waals surface area contributed by atoms with Crippen molar-refractivity contribution >= 4 is 24.2 Å². The van der Waals surface area contributed by atoms with Gasteiger partial charge in [-0.25, -0.2) is 10.9 Å². The molecule has 0 heterocycles. The lowest BCUT2D eigenvalue weighted by molar-refractivity contribution is 0.0947. The van der Waals surface area contributed by atoms with E-state index in [1.165, 1.54) is 38.8 Å². The van der Waals surface area contributed by atoms with Crippen molar-refractivity contribution in [2.45, 2.75) is 0 Å². The minimum atomic E-state index is -0.449. The highest BCUT2D eigenvalue weighted by molar-refractivity contribution is 5.96. The molecule has 0 aliphatic carbocycles. The van der Waals surface area contributed by atoms with Gasteiger partial charge in [-0.3, -0.25) is 9.59 Å². The van der Waals surface area contributed by atoms with Crippen LogP contribution in [0.3, 0.4) is 0 Å². The minimum absolute atomic E-state index is 0.00181. The number of phenolic OH excluding ortho intramolecular Hbond substituents is 2. The maximum atomic E-state index is 12.4. The first-order valence-electron chi connectivity index (χ1n) is 12.1. The number of nitrogens with zero attached hydrogens (tertiary/aromatic N) is 2. The normalized spacial score (nSPS) is 10.9. The number of ether oxygens (including phenoxy) is 3. The van der Waals surface area contributed by atoms with E-state index in [0.717, 1.165) is 0 Å². The van der Waals surface area contributed by atoms with Crippen LogP contribution in [0.25, 0.3) is 0 Å². The Balaban J connectivity index is 1.29. The first kappa shape index (κ1) is 28.2. The minimum Gasteiger partial charge on any atom is -0.507 e. The van der Waals surface area contributed by atoms with Gasteiger partial charge in [0, 0.05) is 22.3 Å². The Kier molecular flexibility index (Phi) is 9.13. The molecule has 0 aliphatic rings. The number of methoxy groups -OCH3 is 2. The fourth-order valence-corrected chi connectivity index (χ4v) is 3.46. The monoisotopic (exact) mass is 554 g/mol. The Hall–Kier alpha value is -5.84. The van der Waals surface area contributed by atoms with E-state index in [1.807, 2.05) is 0 Å². The lowest BCUT2D eigenvalue weighted by atomic mass is 10.2. The first-order chi connectivity index (χ1) is 19.9. The Bertz CT molecular complexity index is 1460. The summed E-state index contributed by atoms with van der Waals surface area (Å²) < 4.78 is 16.0. The van der Waals surface area contributed by atoms with Gasteiger partial charge in [-0.1, -0.05) is 0 Å². The van der Waals surface area contributed by atoms with E-state index in [0.29, 0.717) is 45.3 Å². The number of hydrogen-bond acceptors (Lipinski definition) is 9. The van der Waals surface area contributed by atoms with E-state index >= 15 is 0 Å². The van der Waals surface area contributed by atoms with Crippen molar-refractivity contribution in [1.29, 1.82) is 0 Å². The summed E-state index contributed by atoms with van der Waals surface area (Å²) in [5, 5.41) is 27.6. The van der Waals surface area contributed by atoms with Crippen LogP contribution >= 0.6 is 0 Å². The molecule has 208 valence electrons. The zero-order chi connectivity index (χ0) is 29.2. The van der Waals surface area contributed by atoms with Crippen molar-refractivity contribution in [3.05, 3.63) is 107 Å². The molecule has 0 bridgehead atoms. The molecule has 2 amide bonds. The molecule has 4 aromatic rings. The fraction of sp³-hybridized carbons (Fsp3) is 0.0667. The topological polar surface area (TPSA) is 151 Å². The summed E-state index contributed by atoms with van der Waals surface area (Å²) in [5.41, 5.74) is 6.27. The van der Waals surface area contributed by atoms with E-state index in [1.54, 1.807) is 72.8 Å². The van der Waals surface area contributed by atoms with Crippen molar-refractivity contribution in [3.8, 4) is 34.5 Å². The van der Waals surface area contributed by atoms with Gasteiger partial charge in [-0.15, -0.1) is 0 Å². The molecule has 11 heteroatoms. The van der Waals surface area contributed by atoms with Crippen LogP contribution in [0, 0.1) is 0 Å². The van der Waals surface area contributed by atoms with Gasteiger partial charge in [0.1, 0.15) is 34.5 Å². The molecule has 0 saturated carbocycles. The number of benzene rings is 4. The van der Waals surface area contributed by atoms with Gasteiger partial charge in [0.25, 0.3) is 11.8 Å². The molecule has 4 aromatic carbocycles. The van der Waals surface area contributed by atoms with E-state index in [-0.39, 0.29) is 11.5 Å². The van der Waals surface area contributed by atoms with E-state index in [2.05, 4.69) is 21.1 Å². The predicted molar refractivity (Wildman–Crippen MR) is 152 cm³/mol. The van der Waals surface area contributed by atoms with Gasteiger partial charge in [0.05, 0.1) is 26.6 Å². The second-order valence-corrected chi connectivity index (χ2v) is 8.40. The molecule has 0 atom stereocenters. The molecule has 4 rings (SSSR count).